The van der Waals surface area contributed by atoms with Crippen LogP contribution in [0.3, 0.4) is 0 Å². The highest BCUT2D eigenvalue weighted by Gasteiger charge is 2.16. The maximum atomic E-state index is 12.6. The van der Waals surface area contributed by atoms with Crippen LogP contribution in [-0.2, 0) is 0 Å². The van der Waals surface area contributed by atoms with Crippen LogP contribution in [0.5, 0.6) is 0 Å². The van der Waals surface area contributed by atoms with Crippen LogP contribution in [0.1, 0.15) is 15.9 Å². The topological polar surface area (TPSA) is 119 Å². The van der Waals surface area contributed by atoms with Gasteiger partial charge in [-0.3, -0.25) is 20.0 Å². The van der Waals surface area contributed by atoms with Gasteiger partial charge in [0.05, 0.1) is 33.3 Å². The molecular formula is C18H14N6O3. The van der Waals surface area contributed by atoms with Crippen molar-refractivity contribution >= 4 is 28.3 Å². The zero-order valence-electron chi connectivity index (χ0n) is 14.2. The number of hydrogen-bond donors (Lipinski definition) is 2. The van der Waals surface area contributed by atoms with E-state index in [0.29, 0.717) is 16.5 Å². The molecule has 0 unspecified atom stereocenters. The third-order valence-corrected chi connectivity index (χ3v) is 4.20. The maximum absolute atomic E-state index is 12.6. The number of fused-ring (bicyclic) bond motifs is 1. The van der Waals surface area contributed by atoms with E-state index in [2.05, 4.69) is 20.6 Å². The summed E-state index contributed by atoms with van der Waals surface area (Å²) >= 11 is 0. The van der Waals surface area contributed by atoms with Crippen LogP contribution in [0.2, 0.25) is 0 Å². The van der Waals surface area contributed by atoms with E-state index in [1.807, 2.05) is 31.2 Å². The fourth-order valence-corrected chi connectivity index (χ4v) is 2.78. The van der Waals surface area contributed by atoms with Gasteiger partial charge in [-0.15, -0.1) is 0 Å². The number of hydrogen-bond acceptors (Lipinski definition) is 5. The molecule has 27 heavy (non-hydrogen) atoms. The van der Waals surface area contributed by atoms with Crippen molar-refractivity contribution in [2.75, 3.05) is 5.32 Å². The highest BCUT2D eigenvalue weighted by molar-refractivity contribution is 6.07. The largest absolute Gasteiger partial charge is 0.304 e. The number of H-pyrrole nitrogens is 1. The zero-order chi connectivity index (χ0) is 19.0. The summed E-state index contributed by atoms with van der Waals surface area (Å²) in [5, 5.41) is 25.1. The second-order valence-corrected chi connectivity index (χ2v) is 5.97. The molecule has 2 N–H and O–H groups in total. The first-order valence-corrected chi connectivity index (χ1v) is 8.07. The molecule has 0 atom stereocenters. The lowest BCUT2D eigenvalue weighted by molar-refractivity contribution is -0.384. The lowest BCUT2D eigenvalue weighted by Gasteiger charge is -2.04. The number of aromatic nitrogens is 4. The number of para-hydroxylation sites is 1. The van der Waals surface area contributed by atoms with Gasteiger partial charge in [-0.2, -0.15) is 10.2 Å². The molecule has 0 radical (unpaired) electrons. The predicted molar refractivity (Wildman–Crippen MR) is 99.0 cm³/mol. The van der Waals surface area contributed by atoms with Gasteiger partial charge in [-0.05, 0) is 24.6 Å². The fourth-order valence-electron chi connectivity index (χ4n) is 2.78. The van der Waals surface area contributed by atoms with E-state index in [0.717, 1.165) is 11.3 Å². The normalized spacial score (nSPS) is 10.9. The number of nitrogens with one attached hydrogen (secondary N) is 2. The van der Waals surface area contributed by atoms with E-state index in [4.69, 9.17) is 0 Å². The smallest absolute Gasteiger partial charge is 0.270 e. The Kier molecular flexibility index (Phi) is 3.88. The van der Waals surface area contributed by atoms with Gasteiger partial charge >= 0.3 is 0 Å². The van der Waals surface area contributed by atoms with E-state index in [-0.39, 0.29) is 11.5 Å². The minimum Gasteiger partial charge on any atom is -0.304 e. The Labute approximate surface area is 152 Å². The van der Waals surface area contributed by atoms with Gasteiger partial charge in [0.25, 0.3) is 11.6 Å². The SMILES string of the molecule is Cc1ccccc1-n1cc(C(=O)Nc2n[nH]c3ccc([N+](=O)[O-])cc23)cn1. The Hall–Kier alpha value is -4.01. The van der Waals surface area contributed by atoms with Crippen LogP contribution in [0, 0.1) is 17.0 Å². The Balaban J connectivity index is 1.62. The van der Waals surface area contributed by atoms with Crippen molar-refractivity contribution in [2.24, 2.45) is 0 Å². The molecule has 134 valence electrons. The summed E-state index contributed by atoms with van der Waals surface area (Å²) in [5.41, 5.74) is 2.76. The molecule has 0 spiro atoms. The Morgan fingerprint density at radius 3 is 2.85 bits per heavy atom. The molecule has 0 bridgehead atoms. The summed E-state index contributed by atoms with van der Waals surface area (Å²) < 4.78 is 1.62. The third-order valence-electron chi connectivity index (χ3n) is 4.20. The molecule has 2 aromatic heterocycles. The zero-order valence-corrected chi connectivity index (χ0v) is 14.2. The van der Waals surface area contributed by atoms with Crippen molar-refractivity contribution in [3.63, 3.8) is 0 Å². The first kappa shape index (κ1) is 16.5. The number of rotatable bonds is 4. The molecule has 0 fully saturated rings. The van der Waals surface area contributed by atoms with Gasteiger partial charge in [0.1, 0.15) is 0 Å². The number of aromatic amines is 1. The van der Waals surface area contributed by atoms with Gasteiger partial charge in [0, 0.05) is 18.3 Å². The molecule has 0 aliphatic heterocycles. The van der Waals surface area contributed by atoms with E-state index >= 15 is 0 Å². The van der Waals surface area contributed by atoms with E-state index in [1.165, 1.54) is 18.3 Å². The van der Waals surface area contributed by atoms with Gasteiger partial charge < -0.3 is 5.32 Å². The molecule has 9 heteroatoms. The second-order valence-electron chi connectivity index (χ2n) is 5.97. The molecule has 0 saturated heterocycles. The van der Waals surface area contributed by atoms with E-state index < -0.39 is 10.8 Å². The number of anilines is 1. The van der Waals surface area contributed by atoms with Crippen molar-refractivity contribution in [1.82, 2.24) is 20.0 Å². The highest BCUT2D eigenvalue weighted by Crippen LogP contribution is 2.25. The number of carbonyl (C=O) groups is 1. The van der Waals surface area contributed by atoms with Crippen LogP contribution in [0.4, 0.5) is 11.5 Å². The number of nitro groups is 1. The first-order valence-electron chi connectivity index (χ1n) is 8.07. The van der Waals surface area contributed by atoms with Crippen molar-refractivity contribution in [3.8, 4) is 5.69 Å². The number of carbonyl (C=O) groups excluding carboxylic acids is 1. The van der Waals surface area contributed by atoms with Crippen molar-refractivity contribution in [3.05, 3.63) is 76.1 Å². The summed E-state index contributed by atoms with van der Waals surface area (Å²) in [7, 11) is 0. The van der Waals surface area contributed by atoms with Gasteiger partial charge in [-0.25, -0.2) is 4.68 Å². The number of benzene rings is 2. The average molecular weight is 362 g/mol. The Bertz CT molecular complexity index is 1180. The molecular weight excluding hydrogens is 348 g/mol. The molecule has 4 rings (SSSR count). The summed E-state index contributed by atoms with van der Waals surface area (Å²) in [6.45, 7) is 1.96. The second kappa shape index (κ2) is 6.37. The van der Waals surface area contributed by atoms with E-state index in [9.17, 15) is 14.9 Å². The lowest BCUT2D eigenvalue weighted by atomic mass is 10.2. The standard InChI is InChI=1S/C18H14N6O3/c1-11-4-2-3-5-16(11)23-10-12(9-19-23)18(25)20-17-14-8-13(24(26)27)6-7-15(14)21-22-17/h2-10H,1H3,(H2,20,21,22,25). The van der Waals surface area contributed by atoms with E-state index in [1.54, 1.807) is 16.9 Å². The molecule has 0 aliphatic carbocycles. The minimum absolute atomic E-state index is 0.0771. The fraction of sp³-hybridized carbons (Fsp3) is 0.0556. The van der Waals surface area contributed by atoms with Crippen molar-refractivity contribution in [2.45, 2.75) is 6.92 Å². The van der Waals surface area contributed by atoms with Gasteiger partial charge in [-0.1, -0.05) is 18.2 Å². The number of aryl methyl sites for hydroxylation is 1. The summed E-state index contributed by atoms with van der Waals surface area (Å²) in [6.07, 6.45) is 3.08. The highest BCUT2D eigenvalue weighted by atomic mass is 16.6. The minimum atomic E-state index is -0.496. The van der Waals surface area contributed by atoms with Crippen LogP contribution in [-0.4, -0.2) is 30.8 Å². The van der Waals surface area contributed by atoms with Crippen LogP contribution in [0.15, 0.2) is 54.9 Å². The molecule has 2 aromatic carbocycles. The average Bonchev–Trinajstić information content (AvgIpc) is 3.29. The molecule has 4 aromatic rings. The number of non-ortho nitro benzene ring substituents is 1. The van der Waals surface area contributed by atoms with Crippen LogP contribution < -0.4 is 5.32 Å². The summed E-state index contributed by atoms with van der Waals surface area (Å²) in [4.78, 5) is 23.0. The first-order chi connectivity index (χ1) is 13.0. The van der Waals surface area contributed by atoms with Gasteiger partial charge in [0.2, 0.25) is 0 Å². The van der Waals surface area contributed by atoms with Crippen LogP contribution in [0.25, 0.3) is 16.6 Å². The molecule has 0 saturated carbocycles. The molecule has 2 heterocycles. The summed E-state index contributed by atoms with van der Waals surface area (Å²) in [6, 6.07) is 12.0. The van der Waals surface area contributed by atoms with Crippen LogP contribution >= 0.6 is 0 Å². The molecule has 0 aliphatic rings. The molecule has 1 amide bonds. The quantitative estimate of drug-likeness (QED) is 0.427. The maximum Gasteiger partial charge on any atom is 0.270 e. The van der Waals surface area contributed by atoms with Crippen molar-refractivity contribution in [1.29, 1.82) is 0 Å². The number of amides is 1. The molecule has 9 nitrogen and oxygen atoms in total. The number of nitro benzene ring substituents is 1. The van der Waals surface area contributed by atoms with Crippen molar-refractivity contribution < 1.29 is 9.72 Å². The lowest BCUT2D eigenvalue weighted by Crippen LogP contribution is -2.11. The Morgan fingerprint density at radius 1 is 1.26 bits per heavy atom. The Morgan fingerprint density at radius 2 is 2.07 bits per heavy atom. The summed E-state index contributed by atoms with van der Waals surface area (Å²) in [5.74, 6) is -0.183. The third kappa shape index (κ3) is 3.01. The number of nitrogens with zero attached hydrogens (tertiary/aromatic N) is 4. The predicted octanol–water partition coefficient (Wildman–Crippen LogP) is 3.22. The van der Waals surface area contributed by atoms with Gasteiger partial charge in [0.15, 0.2) is 5.82 Å². The monoisotopic (exact) mass is 362 g/mol.